The molecule has 0 radical (unpaired) electrons. The van der Waals surface area contributed by atoms with Crippen LogP contribution in [0.1, 0.15) is 56.8 Å². The summed E-state index contributed by atoms with van der Waals surface area (Å²) in [4.78, 5) is 26.4. The molecule has 1 aromatic carbocycles. The second-order valence-electron chi connectivity index (χ2n) is 10.9. The molecular formula is C29H36N6O3S. The fraction of sp³-hybridized carbons (Fsp3) is 0.414. The van der Waals surface area contributed by atoms with E-state index in [0.717, 1.165) is 31.7 Å². The van der Waals surface area contributed by atoms with E-state index in [1.807, 2.05) is 12.1 Å². The molecule has 9 nitrogen and oxygen atoms in total. The topological polar surface area (TPSA) is 108 Å². The third-order valence-electron chi connectivity index (χ3n) is 8.06. The normalized spacial score (nSPS) is 19.1. The van der Waals surface area contributed by atoms with Crippen molar-refractivity contribution in [2.45, 2.75) is 57.0 Å². The summed E-state index contributed by atoms with van der Waals surface area (Å²) in [5.74, 6) is 0.517. The minimum Gasteiger partial charge on any atom is -0.372 e. The molecule has 2 aliphatic heterocycles. The summed E-state index contributed by atoms with van der Waals surface area (Å²) in [6, 6.07) is 15.9. The van der Waals surface area contributed by atoms with Crippen molar-refractivity contribution in [2.75, 3.05) is 34.8 Å². The maximum absolute atomic E-state index is 13.2. The first-order chi connectivity index (χ1) is 18.6. The molecule has 2 aliphatic rings. The third-order valence-corrected chi connectivity index (χ3v) is 9.29. The van der Waals surface area contributed by atoms with E-state index in [-0.39, 0.29) is 16.1 Å². The summed E-state index contributed by atoms with van der Waals surface area (Å²) in [6.45, 7) is 9.27. The Morgan fingerprint density at radius 2 is 1.72 bits per heavy atom. The van der Waals surface area contributed by atoms with Gasteiger partial charge in [0, 0.05) is 42.7 Å². The Bertz CT molecular complexity index is 1440. The Morgan fingerprint density at radius 3 is 2.41 bits per heavy atom. The van der Waals surface area contributed by atoms with Gasteiger partial charge in [-0.15, -0.1) is 0 Å². The molecule has 10 heteroatoms. The van der Waals surface area contributed by atoms with Crippen LogP contribution < -0.4 is 19.8 Å². The molecule has 2 aromatic heterocycles. The third kappa shape index (κ3) is 5.71. The lowest BCUT2D eigenvalue weighted by atomic mass is 9.90. The summed E-state index contributed by atoms with van der Waals surface area (Å²) in [5, 5.41) is 2.92. The standard InChI is InChI=1S/C29H36N6O3S/c1-21-16-20-35(29(21,2)3)27-24(9-8-17-30-27)28(36)33-39(37,38)26-11-7-10-25(32-26)31-22-12-14-23(15-13-22)34-18-5-4-6-19-34/h7-15,17,21H,4-6,16,18-20H2,1-3H3,(H,31,32)(H,33,36). The highest BCUT2D eigenvalue weighted by molar-refractivity contribution is 7.90. The monoisotopic (exact) mass is 548 g/mol. The van der Waals surface area contributed by atoms with E-state index in [1.54, 1.807) is 30.5 Å². The summed E-state index contributed by atoms with van der Waals surface area (Å²) in [7, 11) is -4.23. The van der Waals surface area contributed by atoms with Gasteiger partial charge in [0.1, 0.15) is 11.6 Å². The molecule has 3 aromatic rings. The molecule has 1 unspecified atom stereocenters. The van der Waals surface area contributed by atoms with E-state index in [9.17, 15) is 13.2 Å². The zero-order valence-corrected chi connectivity index (χ0v) is 23.5. The van der Waals surface area contributed by atoms with E-state index in [1.165, 1.54) is 31.0 Å². The average molecular weight is 549 g/mol. The molecule has 1 atom stereocenters. The molecule has 5 rings (SSSR count). The van der Waals surface area contributed by atoms with E-state index in [0.29, 0.717) is 17.6 Å². The minimum absolute atomic E-state index is 0.213. The SMILES string of the molecule is CC1CCN(c2ncccc2C(=O)NS(=O)(=O)c2cccc(Nc3ccc(N4CCCCC4)cc3)n2)C1(C)C. The fourth-order valence-electron chi connectivity index (χ4n) is 5.32. The van der Waals surface area contributed by atoms with E-state index in [4.69, 9.17) is 0 Å². The van der Waals surface area contributed by atoms with Gasteiger partial charge in [0.25, 0.3) is 15.9 Å². The number of hydrogen-bond donors (Lipinski definition) is 2. The Labute approximate surface area is 230 Å². The van der Waals surface area contributed by atoms with Crippen LogP contribution >= 0.6 is 0 Å². The van der Waals surface area contributed by atoms with Crippen LogP contribution in [0.4, 0.5) is 23.0 Å². The highest BCUT2D eigenvalue weighted by Crippen LogP contribution is 2.38. The first-order valence-electron chi connectivity index (χ1n) is 13.5. The molecule has 1 amide bonds. The van der Waals surface area contributed by atoms with Crippen LogP contribution in [0.25, 0.3) is 0 Å². The van der Waals surface area contributed by atoms with Gasteiger partial charge in [-0.1, -0.05) is 13.0 Å². The molecule has 39 heavy (non-hydrogen) atoms. The smallest absolute Gasteiger partial charge is 0.281 e. The predicted molar refractivity (Wildman–Crippen MR) is 154 cm³/mol. The number of nitrogens with zero attached hydrogens (tertiary/aromatic N) is 4. The van der Waals surface area contributed by atoms with E-state index in [2.05, 4.69) is 62.7 Å². The van der Waals surface area contributed by atoms with Crippen molar-refractivity contribution in [3.05, 3.63) is 66.4 Å². The van der Waals surface area contributed by atoms with Gasteiger partial charge in [0.15, 0.2) is 5.03 Å². The van der Waals surface area contributed by atoms with Crippen molar-refractivity contribution >= 4 is 38.9 Å². The van der Waals surface area contributed by atoms with Crippen LogP contribution in [-0.4, -0.2) is 49.5 Å². The van der Waals surface area contributed by atoms with Crippen LogP contribution in [0.2, 0.25) is 0 Å². The minimum atomic E-state index is -4.23. The van der Waals surface area contributed by atoms with Gasteiger partial charge in [-0.3, -0.25) is 4.79 Å². The molecule has 0 spiro atoms. The summed E-state index contributed by atoms with van der Waals surface area (Å²) >= 11 is 0. The number of benzene rings is 1. The molecule has 0 saturated carbocycles. The molecular weight excluding hydrogens is 512 g/mol. The lowest BCUT2D eigenvalue weighted by molar-refractivity contribution is 0.0981. The number of carbonyl (C=O) groups is 1. The van der Waals surface area contributed by atoms with Gasteiger partial charge < -0.3 is 15.1 Å². The largest absolute Gasteiger partial charge is 0.372 e. The second kappa shape index (κ2) is 10.8. The number of hydrogen-bond acceptors (Lipinski definition) is 8. The van der Waals surface area contributed by atoms with Crippen molar-refractivity contribution in [1.29, 1.82) is 0 Å². The predicted octanol–water partition coefficient (Wildman–Crippen LogP) is 4.95. The van der Waals surface area contributed by atoms with Gasteiger partial charge in [-0.25, -0.2) is 14.7 Å². The van der Waals surface area contributed by atoms with Crippen LogP contribution in [0.15, 0.2) is 65.8 Å². The van der Waals surface area contributed by atoms with E-state index >= 15 is 0 Å². The Kier molecular flexibility index (Phi) is 7.48. The van der Waals surface area contributed by atoms with Crippen LogP contribution in [0.3, 0.4) is 0 Å². The van der Waals surface area contributed by atoms with Crippen LogP contribution in [0.5, 0.6) is 0 Å². The van der Waals surface area contributed by atoms with Crippen molar-refractivity contribution in [3.63, 3.8) is 0 Å². The molecule has 0 bridgehead atoms. The van der Waals surface area contributed by atoms with Gasteiger partial charge in [-0.05, 0) is 94.0 Å². The number of pyridine rings is 2. The summed E-state index contributed by atoms with van der Waals surface area (Å²) < 4.78 is 28.6. The van der Waals surface area contributed by atoms with Crippen LogP contribution in [-0.2, 0) is 10.0 Å². The maximum Gasteiger partial charge on any atom is 0.281 e. The average Bonchev–Trinajstić information content (AvgIpc) is 3.21. The number of aromatic nitrogens is 2. The number of amides is 1. The zero-order chi connectivity index (χ0) is 27.6. The highest BCUT2D eigenvalue weighted by Gasteiger charge is 2.40. The second-order valence-corrected chi connectivity index (χ2v) is 12.5. The molecule has 0 aliphatic carbocycles. The maximum atomic E-state index is 13.2. The van der Waals surface area contributed by atoms with Gasteiger partial charge >= 0.3 is 0 Å². The van der Waals surface area contributed by atoms with Gasteiger partial charge in [0.2, 0.25) is 0 Å². The Hall–Kier alpha value is -3.66. The quantitative estimate of drug-likeness (QED) is 0.427. The van der Waals surface area contributed by atoms with Gasteiger partial charge in [0.05, 0.1) is 5.56 Å². The molecule has 206 valence electrons. The number of rotatable bonds is 7. The Morgan fingerprint density at radius 1 is 0.974 bits per heavy atom. The lowest BCUT2D eigenvalue weighted by Gasteiger charge is -2.36. The van der Waals surface area contributed by atoms with Crippen LogP contribution in [0, 0.1) is 5.92 Å². The molecule has 2 fully saturated rings. The first-order valence-corrected chi connectivity index (χ1v) is 15.0. The van der Waals surface area contributed by atoms with Crippen molar-refractivity contribution in [3.8, 4) is 0 Å². The molecule has 4 heterocycles. The van der Waals surface area contributed by atoms with Crippen molar-refractivity contribution < 1.29 is 13.2 Å². The summed E-state index contributed by atoms with van der Waals surface area (Å²) in [5.41, 5.74) is 1.97. The lowest BCUT2D eigenvalue weighted by Crippen LogP contribution is -2.43. The van der Waals surface area contributed by atoms with Gasteiger partial charge in [-0.2, -0.15) is 8.42 Å². The summed E-state index contributed by atoms with van der Waals surface area (Å²) in [6.07, 6.45) is 6.28. The molecule has 2 N–H and O–H groups in total. The molecule has 2 saturated heterocycles. The Balaban J connectivity index is 1.31. The first kappa shape index (κ1) is 26.9. The fourth-order valence-corrected chi connectivity index (χ4v) is 6.25. The number of piperidine rings is 1. The van der Waals surface area contributed by atoms with Crippen molar-refractivity contribution in [2.24, 2.45) is 5.92 Å². The number of anilines is 4. The van der Waals surface area contributed by atoms with E-state index < -0.39 is 15.9 Å². The number of nitrogens with one attached hydrogen (secondary N) is 2. The van der Waals surface area contributed by atoms with Crippen molar-refractivity contribution in [1.82, 2.24) is 14.7 Å². The zero-order valence-electron chi connectivity index (χ0n) is 22.7. The number of sulfonamides is 1. The highest BCUT2D eigenvalue weighted by atomic mass is 32.2. The number of carbonyl (C=O) groups excluding carboxylic acids is 1.